The molecule has 1 aromatic rings. The zero-order valence-electron chi connectivity index (χ0n) is 12.2. The Hall–Kier alpha value is -0.850. The van der Waals surface area contributed by atoms with Crippen molar-refractivity contribution < 1.29 is 0 Å². The van der Waals surface area contributed by atoms with E-state index in [9.17, 15) is 5.26 Å². The van der Waals surface area contributed by atoms with Crippen molar-refractivity contribution in [1.29, 1.82) is 5.26 Å². The summed E-state index contributed by atoms with van der Waals surface area (Å²) in [6.45, 7) is 7.61. The molecule has 1 aliphatic carbocycles. The predicted octanol–water partition coefficient (Wildman–Crippen LogP) is 4.34. The molecule has 0 aliphatic heterocycles. The summed E-state index contributed by atoms with van der Waals surface area (Å²) in [5.74, 6) is 0.429. The molecule has 1 aromatic heterocycles. The number of hydrogen-bond donors (Lipinski definition) is 1. The van der Waals surface area contributed by atoms with Crippen LogP contribution in [0.4, 0.5) is 0 Å². The molecular weight excluding hydrogens is 252 g/mol. The number of thiophene rings is 1. The van der Waals surface area contributed by atoms with Gasteiger partial charge in [-0.3, -0.25) is 5.32 Å². The number of hydrogen-bond acceptors (Lipinski definition) is 3. The fourth-order valence-corrected chi connectivity index (χ4v) is 4.03. The molecule has 1 heterocycles. The molecule has 0 radical (unpaired) electrons. The summed E-state index contributed by atoms with van der Waals surface area (Å²) in [6.07, 6.45) is 4.56. The third-order valence-corrected chi connectivity index (χ3v) is 5.19. The Kier molecular flexibility index (Phi) is 4.32. The lowest BCUT2D eigenvalue weighted by Crippen LogP contribution is -2.55. The largest absolute Gasteiger partial charge is 0.294 e. The Balaban J connectivity index is 2.16. The van der Waals surface area contributed by atoms with Crippen LogP contribution in [0, 0.1) is 22.7 Å². The minimum atomic E-state index is -0.347. The molecule has 1 N–H and O–H groups in total. The maximum absolute atomic E-state index is 9.79. The van der Waals surface area contributed by atoms with Crippen LogP contribution in [0.3, 0.4) is 0 Å². The van der Waals surface area contributed by atoms with Crippen molar-refractivity contribution in [2.75, 3.05) is 0 Å². The smallest absolute Gasteiger partial charge is 0.110 e. The minimum absolute atomic E-state index is 0.179. The van der Waals surface area contributed by atoms with Gasteiger partial charge in [0.2, 0.25) is 0 Å². The Labute approximate surface area is 120 Å². The normalized spacial score (nSPS) is 28.0. The SMILES string of the molecule is CC(C)(C)C1CCCCC1(C#N)NCc1cccs1. The molecule has 104 valence electrons. The fraction of sp³-hybridized carbons (Fsp3) is 0.688. The quantitative estimate of drug-likeness (QED) is 0.891. The molecule has 0 saturated heterocycles. The van der Waals surface area contributed by atoms with E-state index in [2.05, 4.69) is 49.7 Å². The molecule has 1 aliphatic rings. The van der Waals surface area contributed by atoms with E-state index in [1.807, 2.05) is 0 Å². The molecular formula is C16H24N2S. The van der Waals surface area contributed by atoms with E-state index in [1.165, 1.54) is 11.3 Å². The second kappa shape index (κ2) is 5.64. The molecule has 0 bridgehead atoms. The van der Waals surface area contributed by atoms with Crippen LogP contribution >= 0.6 is 11.3 Å². The molecule has 2 nitrogen and oxygen atoms in total. The van der Waals surface area contributed by atoms with Crippen molar-refractivity contribution in [3.63, 3.8) is 0 Å². The molecule has 0 aromatic carbocycles. The first-order chi connectivity index (χ1) is 8.98. The van der Waals surface area contributed by atoms with Gasteiger partial charge >= 0.3 is 0 Å². The Bertz CT molecular complexity index is 438. The summed E-state index contributed by atoms with van der Waals surface area (Å²) < 4.78 is 0. The van der Waals surface area contributed by atoms with Gasteiger partial charge < -0.3 is 0 Å². The van der Waals surface area contributed by atoms with Gasteiger partial charge in [-0.1, -0.05) is 39.7 Å². The first-order valence-electron chi connectivity index (χ1n) is 7.17. The maximum atomic E-state index is 9.79. The van der Waals surface area contributed by atoms with Gasteiger partial charge in [0, 0.05) is 11.4 Å². The minimum Gasteiger partial charge on any atom is -0.294 e. The standard InChI is InChI=1S/C16H24N2S/c1-15(2,3)14-8-4-5-9-16(14,12-17)18-11-13-7-6-10-19-13/h6-7,10,14,18H,4-5,8-9,11H2,1-3H3. The lowest BCUT2D eigenvalue weighted by atomic mass is 9.62. The molecule has 2 atom stereocenters. The van der Waals surface area contributed by atoms with Gasteiger partial charge in [-0.2, -0.15) is 5.26 Å². The van der Waals surface area contributed by atoms with Crippen LogP contribution in [-0.4, -0.2) is 5.54 Å². The predicted molar refractivity (Wildman–Crippen MR) is 80.9 cm³/mol. The molecule has 1 saturated carbocycles. The van der Waals surface area contributed by atoms with Crippen LogP contribution < -0.4 is 5.32 Å². The van der Waals surface area contributed by atoms with E-state index in [0.29, 0.717) is 5.92 Å². The van der Waals surface area contributed by atoms with E-state index in [0.717, 1.165) is 25.8 Å². The lowest BCUT2D eigenvalue weighted by Gasteiger charge is -2.46. The number of rotatable bonds is 3. The van der Waals surface area contributed by atoms with Gasteiger partial charge in [0.1, 0.15) is 5.54 Å². The van der Waals surface area contributed by atoms with Crippen LogP contribution in [0.1, 0.15) is 51.3 Å². The van der Waals surface area contributed by atoms with Crippen molar-refractivity contribution >= 4 is 11.3 Å². The van der Waals surface area contributed by atoms with E-state index >= 15 is 0 Å². The van der Waals surface area contributed by atoms with Crippen LogP contribution in [0.25, 0.3) is 0 Å². The second-order valence-electron chi connectivity index (χ2n) is 6.68. The van der Waals surface area contributed by atoms with Crippen LogP contribution in [-0.2, 0) is 6.54 Å². The van der Waals surface area contributed by atoms with Gasteiger partial charge in [0.25, 0.3) is 0 Å². The summed E-state index contributed by atoms with van der Waals surface area (Å²) >= 11 is 1.76. The molecule has 0 spiro atoms. The molecule has 3 heteroatoms. The van der Waals surface area contributed by atoms with Crippen LogP contribution in [0.5, 0.6) is 0 Å². The monoisotopic (exact) mass is 276 g/mol. The van der Waals surface area contributed by atoms with E-state index < -0.39 is 0 Å². The zero-order valence-corrected chi connectivity index (χ0v) is 13.0. The Morgan fingerprint density at radius 2 is 2.26 bits per heavy atom. The average molecular weight is 276 g/mol. The highest BCUT2D eigenvalue weighted by atomic mass is 32.1. The maximum Gasteiger partial charge on any atom is 0.110 e. The van der Waals surface area contributed by atoms with Gasteiger partial charge in [0.05, 0.1) is 6.07 Å². The average Bonchev–Trinajstić information content (AvgIpc) is 2.88. The third-order valence-electron chi connectivity index (χ3n) is 4.31. The van der Waals surface area contributed by atoms with Crippen molar-refractivity contribution in [2.45, 2.75) is 58.5 Å². The summed E-state index contributed by atoms with van der Waals surface area (Å²) in [5, 5.41) is 15.5. The number of nitrogens with one attached hydrogen (secondary N) is 1. The fourth-order valence-electron chi connectivity index (χ4n) is 3.39. The summed E-state index contributed by atoms with van der Waals surface area (Å²) in [5.41, 5.74) is -0.168. The topological polar surface area (TPSA) is 35.8 Å². The molecule has 2 rings (SSSR count). The summed E-state index contributed by atoms with van der Waals surface area (Å²) in [7, 11) is 0. The zero-order chi connectivity index (χ0) is 13.9. The van der Waals surface area contributed by atoms with Gasteiger partial charge in [-0.25, -0.2) is 0 Å². The first-order valence-corrected chi connectivity index (χ1v) is 8.04. The number of nitriles is 1. The molecule has 0 amide bonds. The van der Waals surface area contributed by atoms with Crippen molar-refractivity contribution in [3.8, 4) is 6.07 Å². The van der Waals surface area contributed by atoms with Crippen molar-refractivity contribution in [1.82, 2.24) is 5.32 Å². The molecule has 1 fully saturated rings. The molecule has 19 heavy (non-hydrogen) atoms. The van der Waals surface area contributed by atoms with Gasteiger partial charge in [-0.05, 0) is 35.6 Å². The van der Waals surface area contributed by atoms with Crippen LogP contribution in [0.2, 0.25) is 0 Å². The Morgan fingerprint density at radius 3 is 2.84 bits per heavy atom. The summed E-state index contributed by atoms with van der Waals surface area (Å²) in [6, 6.07) is 6.84. The molecule has 2 unspecified atom stereocenters. The Morgan fingerprint density at radius 1 is 1.47 bits per heavy atom. The van der Waals surface area contributed by atoms with Crippen LogP contribution in [0.15, 0.2) is 17.5 Å². The highest BCUT2D eigenvalue weighted by Crippen LogP contribution is 2.44. The van der Waals surface area contributed by atoms with Crippen molar-refractivity contribution in [2.24, 2.45) is 11.3 Å². The lowest BCUT2D eigenvalue weighted by molar-refractivity contribution is 0.0870. The first kappa shape index (κ1) is 14.6. The van der Waals surface area contributed by atoms with Gasteiger partial charge in [-0.15, -0.1) is 11.3 Å². The van der Waals surface area contributed by atoms with E-state index in [-0.39, 0.29) is 11.0 Å². The van der Waals surface area contributed by atoms with E-state index in [1.54, 1.807) is 11.3 Å². The van der Waals surface area contributed by atoms with Gasteiger partial charge in [0.15, 0.2) is 0 Å². The summed E-state index contributed by atoms with van der Waals surface area (Å²) in [4.78, 5) is 1.31. The second-order valence-corrected chi connectivity index (χ2v) is 7.71. The highest BCUT2D eigenvalue weighted by molar-refractivity contribution is 7.09. The highest BCUT2D eigenvalue weighted by Gasteiger charge is 2.46. The van der Waals surface area contributed by atoms with E-state index in [4.69, 9.17) is 0 Å². The third kappa shape index (κ3) is 3.19. The number of nitrogens with zero attached hydrogens (tertiary/aromatic N) is 1. The van der Waals surface area contributed by atoms with Crippen molar-refractivity contribution in [3.05, 3.63) is 22.4 Å².